The van der Waals surface area contributed by atoms with Crippen molar-refractivity contribution in [2.24, 2.45) is 0 Å². The third-order valence-corrected chi connectivity index (χ3v) is 4.30. The van der Waals surface area contributed by atoms with Crippen LogP contribution in [0.3, 0.4) is 0 Å². The second-order valence-electron chi connectivity index (χ2n) is 4.39. The molecule has 0 fully saturated rings. The first-order valence-electron chi connectivity index (χ1n) is 6.13. The summed E-state index contributed by atoms with van der Waals surface area (Å²) in [4.78, 5) is -0.690. The van der Waals surface area contributed by atoms with E-state index in [0.717, 1.165) is 17.7 Å². The fraction of sp³-hybridized carbons (Fsp3) is 0.143. The zero-order valence-electron chi connectivity index (χ0n) is 11.1. The number of benzene rings is 2. The third kappa shape index (κ3) is 3.30. The van der Waals surface area contributed by atoms with Crippen LogP contribution in [0.25, 0.3) is 0 Å². The zero-order chi connectivity index (χ0) is 15.6. The van der Waals surface area contributed by atoms with Crippen molar-refractivity contribution in [3.63, 3.8) is 0 Å². The summed E-state index contributed by atoms with van der Waals surface area (Å²) in [5.74, 6) is -2.35. The Balaban J connectivity index is 2.42. The average Bonchev–Trinajstić information content (AvgIpc) is 2.40. The van der Waals surface area contributed by atoms with E-state index in [0.29, 0.717) is 12.5 Å². The van der Waals surface area contributed by atoms with Gasteiger partial charge in [0.15, 0.2) is 0 Å². The number of aromatic hydroxyl groups is 1. The number of rotatable bonds is 4. The van der Waals surface area contributed by atoms with Crippen LogP contribution < -0.4 is 4.72 Å². The van der Waals surface area contributed by atoms with E-state index < -0.39 is 26.6 Å². The van der Waals surface area contributed by atoms with E-state index >= 15 is 0 Å². The van der Waals surface area contributed by atoms with Crippen molar-refractivity contribution in [2.45, 2.75) is 18.2 Å². The summed E-state index contributed by atoms with van der Waals surface area (Å²) in [5, 5.41) is 9.67. The maximum absolute atomic E-state index is 13.6. The van der Waals surface area contributed by atoms with Crippen LogP contribution in [0.1, 0.15) is 12.5 Å². The Kier molecular flexibility index (Phi) is 4.13. The normalized spacial score (nSPS) is 11.4. The second-order valence-corrected chi connectivity index (χ2v) is 6.04. The second kappa shape index (κ2) is 5.69. The first-order chi connectivity index (χ1) is 9.83. The molecule has 2 aromatic rings. The number of hydrogen-bond acceptors (Lipinski definition) is 3. The fourth-order valence-corrected chi connectivity index (χ4v) is 2.90. The smallest absolute Gasteiger partial charge is 0.264 e. The maximum atomic E-state index is 13.6. The molecule has 4 nitrogen and oxygen atoms in total. The van der Waals surface area contributed by atoms with Crippen LogP contribution in [0.5, 0.6) is 5.75 Å². The Bertz CT molecular complexity index is 776. The van der Waals surface area contributed by atoms with Crippen molar-refractivity contribution in [2.75, 3.05) is 4.72 Å². The van der Waals surface area contributed by atoms with Crippen LogP contribution in [-0.4, -0.2) is 13.5 Å². The Hall–Kier alpha value is -2.15. The molecule has 0 atom stereocenters. The van der Waals surface area contributed by atoms with Gasteiger partial charge in [-0.05, 0) is 36.2 Å². The van der Waals surface area contributed by atoms with Gasteiger partial charge in [0.05, 0.1) is 5.69 Å². The lowest BCUT2D eigenvalue weighted by Gasteiger charge is -2.11. The molecule has 2 aromatic carbocycles. The molecule has 0 aromatic heterocycles. The maximum Gasteiger partial charge on any atom is 0.264 e. The van der Waals surface area contributed by atoms with Gasteiger partial charge < -0.3 is 5.11 Å². The molecule has 0 aliphatic rings. The molecular formula is C14H13F2NO3S. The number of phenolic OH excluding ortho intramolecular Hbond substituents is 1. The van der Waals surface area contributed by atoms with Gasteiger partial charge in [-0.25, -0.2) is 17.2 Å². The van der Waals surface area contributed by atoms with Crippen LogP contribution in [0.4, 0.5) is 14.5 Å². The lowest BCUT2D eigenvalue weighted by Crippen LogP contribution is -2.15. The lowest BCUT2D eigenvalue weighted by atomic mass is 10.1. The predicted molar refractivity (Wildman–Crippen MR) is 74.7 cm³/mol. The Morgan fingerprint density at radius 2 is 1.86 bits per heavy atom. The van der Waals surface area contributed by atoms with Crippen LogP contribution in [0, 0.1) is 11.6 Å². The molecule has 0 radical (unpaired) electrons. The summed E-state index contributed by atoms with van der Waals surface area (Å²) in [6.07, 6.45) is 0.639. The summed E-state index contributed by atoms with van der Waals surface area (Å²) in [6.45, 7) is 1.87. The molecule has 0 bridgehead atoms. The quantitative estimate of drug-likeness (QED) is 0.853. The number of anilines is 1. The summed E-state index contributed by atoms with van der Waals surface area (Å²) in [6, 6.07) is 6.60. The molecule has 2 rings (SSSR count). The number of aryl methyl sites for hydroxylation is 1. The van der Waals surface area contributed by atoms with E-state index in [2.05, 4.69) is 4.72 Å². The zero-order valence-corrected chi connectivity index (χ0v) is 11.9. The molecule has 0 saturated carbocycles. The van der Waals surface area contributed by atoms with Gasteiger partial charge in [-0.15, -0.1) is 0 Å². The Morgan fingerprint density at radius 1 is 1.14 bits per heavy atom. The monoisotopic (exact) mass is 313 g/mol. The van der Waals surface area contributed by atoms with Gasteiger partial charge >= 0.3 is 0 Å². The van der Waals surface area contributed by atoms with Gasteiger partial charge in [0.25, 0.3) is 10.0 Å². The van der Waals surface area contributed by atoms with Crippen molar-refractivity contribution in [1.29, 1.82) is 0 Å². The highest BCUT2D eigenvalue weighted by molar-refractivity contribution is 7.92. The SMILES string of the molecule is CCc1ccc(O)c(NS(=O)(=O)c2ccc(F)cc2F)c1. The van der Waals surface area contributed by atoms with E-state index in [4.69, 9.17) is 0 Å². The first-order valence-corrected chi connectivity index (χ1v) is 7.61. The van der Waals surface area contributed by atoms with Crippen molar-refractivity contribution in [1.82, 2.24) is 0 Å². The predicted octanol–water partition coefficient (Wildman–Crippen LogP) is 3.03. The molecule has 0 saturated heterocycles. The summed E-state index contributed by atoms with van der Waals surface area (Å²) in [5.41, 5.74) is 0.739. The lowest BCUT2D eigenvalue weighted by molar-refractivity contribution is 0.477. The highest BCUT2D eigenvalue weighted by Crippen LogP contribution is 2.28. The Labute approximate surface area is 121 Å². The van der Waals surface area contributed by atoms with Gasteiger partial charge in [0.1, 0.15) is 22.3 Å². The molecule has 0 unspecified atom stereocenters. The number of nitrogens with one attached hydrogen (secondary N) is 1. The molecular weight excluding hydrogens is 300 g/mol. The molecule has 112 valence electrons. The summed E-state index contributed by atoms with van der Waals surface area (Å²) in [7, 11) is -4.26. The van der Waals surface area contributed by atoms with Crippen LogP contribution in [-0.2, 0) is 16.4 Å². The molecule has 0 amide bonds. The summed E-state index contributed by atoms with van der Waals surface area (Å²) >= 11 is 0. The van der Waals surface area contributed by atoms with Crippen molar-refractivity contribution >= 4 is 15.7 Å². The molecule has 0 spiro atoms. The van der Waals surface area contributed by atoms with E-state index in [1.54, 1.807) is 6.07 Å². The Morgan fingerprint density at radius 3 is 2.48 bits per heavy atom. The van der Waals surface area contributed by atoms with Crippen LogP contribution in [0.2, 0.25) is 0 Å². The largest absolute Gasteiger partial charge is 0.506 e. The van der Waals surface area contributed by atoms with Crippen LogP contribution in [0.15, 0.2) is 41.3 Å². The van der Waals surface area contributed by atoms with Gasteiger partial charge in [-0.2, -0.15) is 0 Å². The van der Waals surface area contributed by atoms with Crippen LogP contribution >= 0.6 is 0 Å². The molecule has 0 aliphatic carbocycles. The third-order valence-electron chi connectivity index (χ3n) is 2.90. The minimum atomic E-state index is -4.26. The standard InChI is InChI=1S/C14H13F2NO3S/c1-2-9-3-5-13(18)12(7-9)17-21(19,20)14-6-4-10(15)8-11(14)16/h3-8,17-18H,2H2,1H3. The number of halogens is 2. The highest BCUT2D eigenvalue weighted by Gasteiger charge is 2.21. The first kappa shape index (κ1) is 15.2. The number of phenols is 1. The van der Waals surface area contributed by atoms with E-state index in [1.165, 1.54) is 12.1 Å². The molecule has 0 aliphatic heterocycles. The summed E-state index contributed by atoms with van der Waals surface area (Å²) < 4.78 is 52.7. The van der Waals surface area contributed by atoms with E-state index in [9.17, 15) is 22.3 Å². The fourth-order valence-electron chi connectivity index (χ4n) is 1.78. The topological polar surface area (TPSA) is 66.4 Å². The average molecular weight is 313 g/mol. The molecule has 7 heteroatoms. The van der Waals surface area contributed by atoms with E-state index in [-0.39, 0.29) is 11.4 Å². The number of sulfonamides is 1. The van der Waals surface area contributed by atoms with Crippen molar-refractivity contribution in [3.8, 4) is 5.75 Å². The minimum Gasteiger partial charge on any atom is -0.506 e. The van der Waals surface area contributed by atoms with Gasteiger partial charge in [0, 0.05) is 6.07 Å². The molecule has 0 heterocycles. The van der Waals surface area contributed by atoms with Gasteiger partial charge in [-0.1, -0.05) is 13.0 Å². The number of hydrogen-bond donors (Lipinski definition) is 2. The van der Waals surface area contributed by atoms with Gasteiger partial charge in [-0.3, -0.25) is 4.72 Å². The molecule has 21 heavy (non-hydrogen) atoms. The minimum absolute atomic E-state index is 0.0573. The molecule has 2 N–H and O–H groups in total. The van der Waals surface area contributed by atoms with Crippen molar-refractivity contribution < 1.29 is 22.3 Å². The van der Waals surface area contributed by atoms with Gasteiger partial charge in [0.2, 0.25) is 0 Å². The van der Waals surface area contributed by atoms with E-state index in [1.807, 2.05) is 6.92 Å². The highest BCUT2D eigenvalue weighted by atomic mass is 32.2. The van der Waals surface area contributed by atoms with Crippen molar-refractivity contribution in [3.05, 3.63) is 53.6 Å².